The Morgan fingerprint density at radius 1 is 1.39 bits per heavy atom. The third-order valence-electron chi connectivity index (χ3n) is 4.98. The van der Waals surface area contributed by atoms with Gasteiger partial charge in [0.15, 0.2) is 0 Å². The average Bonchev–Trinajstić information content (AvgIpc) is 2.88. The SMILES string of the molecule is C#CCC(CC)NC1CC(OCC)C12CCCC2. The molecule has 0 saturated heterocycles. The third-order valence-corrected chi connectivity index (χ3v) is 4.98. The van der Waals surface area contributed by atoms with Crippen molar-refractivity contribution in [2.45, 2.75) is 77.0 Å². The van der Waals surface area contributed by atoms with Crippen LogP contribution in [0.4, 0.5) is 0 Å². The van der Waals surface area contributed by atoms with Crippen molar-refractivity contribution in [2.24, 2.45) is 5.41 Å². The largest absolute Gasteiger partial charge is 0.378 e. The fourth-order valence-electron chi connectivity index (χ4n) is 3.87. The van der Waals surface area contributed by atoms with E-state index in [2.05, 4.69) is 25.1 Å². The standard InChI is InChI=1S/C16H27NO/c1-4-9-13(5-2)17-14-12-15(18-6-3)16(14)10-7-8-11-16/h1,13-15,17H,5-12H2,2-3H3. The molecule has 0 bridgehead atoms. The van der Waals surface area contributed by atoms with E-state index in [0.717, 1.165) is 19.4 Å². The first kappa shape index (κ1) is 13.9. The van der Waals surface area contributed by atoms with Crippen LogP contribution >= 0.6 is 0 Å². The van der Waals surface area contributed by atoms with E-state index in [-0.39, 0.29) is 0 Å². The van der Waals surface area contributed by atoms with Gasteiger partial charge in [-0.3, -0.25) is 0 Å². The highest BCUT2D eigenvalue weighted by Gasteiger charge is 2.56. The smallest absolute Gasteiger partial charge is 0.0661 e. The van der Waals surface area contributed by atoms with Crippen molar-refractivity contribution in [3.63, 3.8) is 0 Å². The maximum atomic E-state index is 5.94. The molecule has 1 N–H and O–H groups in total. The van der Waals surface area contributed by atoms with Crippen molar-refractivity contribution in [1.82, 2.24) is 5.32 Å². The Kier molecular flexibility index (Phi) is 4.70. The maximum absolute atomic E-state index is 5.94. The van der Waals surface area contributed by atoms with Crippen molar-refractivity contribution in [3.05, 3.63) is 0 Å². The Bertz CT molecular complexity index is 301. The molecule has 2 rings (SSSR count). The zero-order valence-electron chi connectivity index (χ0n) is 11.9. The number of ether oxygens (including phenoxy) is 1. The van der Waals surface area contributed by atoms with Gasteiger partial charge in [-0.2, -0.15) is 0 Å². The molecule has 0 amide bonds. The lowest BCUT2D eigenvalue weighted by Gasteiger charge is -2.55. The molecule has 102 valence electrons. The molecule has 2 saturated carbocycles. The van der Waals surface area contributed by atoms with Gasteiger partial charge in [0.2, 0.25) is 0 Å². The number of hydrogen-bond donors (Lipinski definition) is 1. The van der Waals surface area contributed by atoms with Gasteiger partial charge < -0.3 is 10.1 Å². The van der Waals surface area contributed by atoms with E-state index < -0.39 is 0 Å². The zero-order valence-corrected chi connectivity index (χ0v) is 11.9. The summed E-state index contributed by atoms with van der Waals surface area (Å²) in [6, 6.07) is 1.12. The van der Waals surface area contributed by atoms with E-state index in [1.54, 1.807) is 0 Å². The Hall–Kier alpha value is -0.520. The molecule has 2 nitrogen and oxygen atoms in total. The summed E-state index contributed by atoms with van der Waals surface area (Å²) in [7, 11) is 0. The Morgan fingerprint density at radius 2 is 2.11 bits per heavy atom. The van der Waals surface area contributed by atoms with Crippen molar-refractivity contribution in [3.8, 4) is 12.3 Å². The van der Waals surface area contributed by atoms with Gasteiger partial charge in [0, 0.05) is 30.5 Å². The van der Waals surface area contributed by atoms with E-state index >= 15 is 0 Å². The lowest BCUT2D eigenvalue weighted by atomic mass is 9.60. The van der Waals surface area contributed by atoms with E-state index in [4.69, 9.17) is 11.2 Å². The van der Waals surface area contributed by atoms with Crippen LogP contribution in [-0.4, -0.2) is 24.8 Å². The third kappa shape index (κ3) is 2.44. The van der Waals surface area contributed by atoms with Gasteiger partial charge >= 0.3 is 0 Å². The summed E-state index contributed by atoms with van der Waals surface area (Å²) in [5.41, 5.74) is 0.429. The fraction of sp³-hybridized carbons (Fsp3) is 0.875. The summed E-state index contributed by atoms with van der Waals surface area (Å²) in [6.45, 7) is 5.17. The Morgan fingerprint density at radius 3 is 2.67 bits per heavy atom. The van der Waals surface area contributed by atoms with Gasteiger partial charge in [0.1, 0.15) is 0 Å². The van der Waals surface area contributed by atoms with Gasteiger partial charge in [0.05, 0.1) is 6.10 Å². The first-order valence-electron chi connectivity index (χ1n) is 7.58. The first-order valence-corrected chi connectivity index (χ1v) is 7.58. The van der Waals surface area contributed by atoms with Gasteiger partial charge in [-0.15, -0.1) is 12.3 Å². The van der Waals surface area contributed by atoms with Gasteiger partial charge in [-0.1, -0.05) is 19.8 Å². The van der Waals surface area contributed by atoms with Crippen molar-refractivity contribution < 1.29 is 4.74 Å². The van der Waals surface area contributed by atoms with Crippen LogP contribution in [0.3, 0.4) is 0 Å². The van der Waals surface area contributed by atoms with Crippen LogP contribution in [0.1, 0.15) is 58.8 Å². The highest BCUT2D eigenvalue weighted by molar-refractivity contribution is 5.11. The second-order valence-electron chi connectivity index (χ2n) is 5.85. The van der Waals surface area contributed by atoms with Crippen LogP contribution in [0.2, 0.25) is 0 Å². The number of terminal acetylenes is 1. The highest BCUT2D eigenvalue weighted by atomic mass is 16.5. The molecule has 1 spiro atoms. The molecule has 2 aliphatic rings. The number of rotatable bonds is 6. The van der Waals surface area contributed by atoms with Gasteiger partial charge in [0.25, 0.3) is 0 Å². The molecule has 3 atom stereocenters. The van der Waals surface area contributed by atoms with Crippen LogP contribution in [0, 0.1) is 17.8 Å². The molecule has 2 aliphatic carbocycles. The molecule has 0 aromatic carbocycles. The fourth-order valence-corrected chi connectivity index (χ4v) is 3.87. The average molecular weight is 249 g/mol. The molecule has 3 unspecified atom stereocenters. The maximum Gasteiger partial charge on any atom is 0.0661 e. The minimum absolute atomic E-state index is 0.429. The molecule has 0 aliphatic heterocycles. The van der Waals surface area contributed by atoms with E-state index in [0.29, 0.717) is 23.6 Å². The van der Waals surface area contributed by atoms with Crippen LogP contribution < -0.4 is 5.32 Å². The van der Waals surface area contributed by atoms with Crippen molar-refractivity contribution in [1.29, 1.82) is 0 Å². The summed E-state index contributed by atoms with van der Waals surface area (Å²) in [5.74, 6) is 2.79. The summed E-state index contributed by atoms with van der Waals surface area (Å²) in [6.07, 6.45) is 14.5. The van der Waals surface area contributed by atoms with Crippen LogP contribution in [-0.2, 0) is 4.74 Å². The Labute approximate surface area is 112 Å². The molecular formula is C16H27NO. The van der Waals surface area contributed by atoms with E-state index in [9.17, 15) is 0 Å². The first-order chi connectivity index (χ1) is 8.76. The lowest BCUT2D eigenvalue weighted by Crippen LogP contribution is -2.64. The van der Waals surface area contributed by atoms with Crippen LogP contribution in [0.5, 0.6) is 0 Å². The second kappa shape index (κ2) is 6.08. The van der Waals surface area contributed by atoms with Crippen molar-refractivity contribution >= 4 is 0 Å². The van der Waals surface area contributed by atoms with E-state index in [1.165, 1.54) is 32.1 Å². The highest BCUT2D eigenvalue weighted by Crippen LogP contribution is 2.54. The van der Waals surface area contributed by atoms with Crippen molar-refractivity contribution in [2.75, 3.05) is 6.61 Å². The number of hydrogen-bond acceptors (Lipinski definition) is 2. The zero-order chi connectivity index (χ0) is 13.0. The molecule has 0 heterocycles. The summed E-state index contributed by atoms with van der Waals surface area (Å²) in [4.78, 5) is 0. The second-order valence-corrected chi connectivity index (χ2v) is 5.85. The van der Waals surface area contributed by atoms with Crippen LogP contribution in [0.15, 0.2) is 0 Å². The predicted molar refractivity (Wildman–Crippen MR) is 75.4 cm³/mol. The van der Waals surface area contributed by atoms with Gasteiger partial charge in [-0.25, -0.2) is 0 Å². The summed E-state index contributed by atoms with van der Waals surface area (Å²) in [5, 5.41) is 3.80. The monoisotopic (exact) mass is 249 g/mol. The van der Waals surface area contributed by atoms with Crippen LogP contribution in [0.25, 0.3) is 0 Å². The topological polar surface area (TPSA) is 21.3 Å². The summed E-state index contributed by atoms with van der Waals surface area (Å²) >= 11 is 0. The molecular weight excluding hydrogens is 222 g/mol. The molecule has 0 radical (unpaired) electrons. The molecule has 18 heavy (non-hydrogen) atoms. The normalized spacial score (nSPS) is 30.9. The predicted octanol–water partition coefficient (Wildman–Crippen LogP) is 3.12. The minimum atomic E-state index is 0.429. The molecule has 2 fully saturated rings. The minimum Gasteiger partial charge on any atom is -0.378 e. The Balaban J connectivity index is 1.95. The summed E-state index contributed by atoms with van der Waals surface area (Å²) < 4.78 is 5.94. The molecule has 0 aromatic heterocycles. The molecule has 0 aromatic rings. The quantitative estimate of drug-likeness (QED) is 0.730. The lowest BCUT2D eigenvalue weighted by molar-refractivity contribution is -0.132. The molecule has 2 heteroatoms. The van der Waals surface area contributed by atoms with E-state index in [1.807, 2.05) is 0 Å². The van der Waals surface area contributed by atoms with Gasteiger partial charge in [-0.05, 0) is 32.6 Å². The number of nitrogens with one attached hydrogen (secondary N) is 1.